The lowest BCUT2D eigenvalue weighted by atomic mass is 9.93. The highest BCUT2D eigenvalue weighted by Crippen LogP contribution is 2.49. The first-order chi connectivity index (χ1) is 19.5. The summed E-state index contributed by atoms with van der Waals surface area (Å²) in [6.45, 7) is 1.83. The molecule has 1 aromatic heterocycles. The zero-order chi connectivity index (χ0) is 27.7. The van der Waals surface area contributed by atoms with E-state index in [2.05, 4.69) is 5.32 Å². The first-order valence-electron chi connectivity index (χ1n) is 13.3. The summed E-state index contributed by atoms with van der Waals surface area (Å²) in [6, 6.07) is 33.5. The average molecular weight is 532 g/mol. The molecule has 6 heteroatoms. The lowest BCUT2D eigenvalue weighted by Gasteiger charge is -2.14. The van der Waals surface area contributed by atoms with Gasteiger partial charge in [0.25, 0.3) is 0 Å². The van der Waals surface area contributed by atoms with Crippen LogP contribution in [0.15, 0.2) is 108 Å². The van der Waals surface area contributed by atoms with E-state index in [0.717, 1.165) is 51.6 Å². The predicted octanol–water partition coefficient (Wildman–Crippen LogP) is 8.28. The Bertz CT molecular complexity index is 1670. The van der Waals surface area contributed by atoms with Crippen LogP contribution in [0.2, 0.25) is 0 Å². The number of amides is 1. The first kappa shape index (κ1) is 25.4. The lowest BCUT2D eigenvalue weighted by molar-refractivity contribution is -0.143. The van der Waals surface area contributed by atoms with Crippen molar-refractivity contribution in [2.75, 3.05) is 12.4 Å². The number of rotatable bonds is 7. The first-order valence-corrected chi connectivity index (χ1v) is 13.3. The number of hydrogen-bond acceptors (Lipinski definition) is 5. The van der Waals surface area contributed by atoms with E-state index in [-0.39, 0.29) is 5.97 Å². The number of carbonyl (C=O) groups excluding carboxylic acids is 2. The van der Waals surface area contributed by atoms with Crippen LogP contribution in [0.1, 0.15) is 37.0 Å². The molecular weight excluding hydrogens is 502 g/mol. The topological polar surface area (TPSA) is 77.8 Å². The van der Waals surface area contributed by atoms with Gasteiger partial charge in [0.2, 0.25) is 5.88 Å². The molecule has 0 saturated heterocycles. The minimum absolute atomic E-state index is 0.167. The molecule has 0 radical (unpaired) electrons. The van der Waals surface area contributed by atoms with Gasteiger partial charge in [0, 0.05) is 5.39 Å². The molecule has 1 heterocycles. The van der Waals surface area contributed by atoms with Gasteiger partial charge in [0.1, 0.15) is 11.7 Å². The number of benzene rings is 4. The number of fused-ring (bicyclic) bond motifs is 1. The van der Waals surface area contributed by atoms with Crippen LogP contribution in [0.3, 0.4) is 0 Å². The summed E-state index contributed by atoms with van der Waals surface area (Å²) >= 11 is 0. The normalized spacial score (nSPS) is 14.3. The fourth-order valence-corrected chi connectivity index (χ4v) is 5.24. The minimum atomic E-state index is -0.589. The minimum Gasteiger partial charge on any atom is -0.468 e. The maximum atomic E-state index is 12.8. The molecule has 5 aromatic rings. The van der Waals surface area contributed by atoms with Gasteiger partial charge >= 0.3 is 12.1 Å². The number of hydrogen-bond donors (Lipinski definition) is 1. The highest BCUT2D eigenvalue weighted by molar-refractivity contribution is 6.03. The summed E-state index contributed by atoms with van der Waals surface area (Å²) in [5.41, 5.74) is 5.86. The molecule has 1 atom stereocenters. The molecule has 1 amide bonds. The number of methoxy groups -OCH3 is 1. The number of nitrogens with one attached hydrogen (secondary N) is 1. The molecule has 4 aromatic carbocycles. The van der Waals surface area contributed by atoms with E-state index in [1.54, 1.807) is 0 Å². The summed E-state index contributed by atoms with van der Waals surface area (Å²) in [6.07, 6.45) is 0.638. The quantitative estimate of drug-likeness (QED) is 0.214. The van der Waals surface area contributed by atoms with Gasteiger partial charge in [-0.15, -0.1) is 0 Å². The zero-order valence-electron chi connectivity index (χ0n) is 22.3. The second-order valence-corrected chi connectivity index (χ2v) is 10.1. The van der Waals surface area contributed by atoms with Crippen molar-refractivity contribution in [1.82, 2.24) is 0 Å². The van der Waals surface area contributed by atoms with Crippen molar-refractivity contribution in [3.8, 4) is 22.3 Å². The van der Waals surface area contributed by atoms with Crippen LogP contribution in [0.5, 0.6) is 0 Å². The van der Waals surface area contributed by atoms with E-state index < -0.39 is 17.6 Å². The highest BCUT2D eigenvalue weighted by atomic mass is 16.6. The molecule has 1 fully saturated rings. The van der Waals surface area contributed by atoms with Crippen molar-refractivity contribution in [1.29, 1.82) is 0 Å². The van der Waals surface area contributed by atoms with Gasteiger partial charge in [-0.2, -0.15) is 0 Å². The summed E-state index contributed by atoms with van der Waals surface area (Å²) in [5, 5.41) is 3.71. The summed E-state index contributed by atoms with van der Waals surface area (Å²) in [7, 11) is 1.44. The maximum Gasteiger partial charge on any atom is 0.414 e. The van der Waals surface area contributed by atoms with Crippen molar-refractivity contribution < 1.29 is 23.5 Å². The highest BCUT2D eigenvalue weighted by Gasteiger charge is 2.52. The molecule has 1 aliphatic rings. The van der Waals surface area contributed by atoms with Crippen LogP contribution in [-0.4, -0.2) is 19.2 Å². The second-order valence-electron chi connectivity index (χ2n) is 10.1. The molecule has 0 spiro atoms. The zero-order valence-corrected chi connectivity index (χ0v) is 22.3. The van der Waals surface area contributed by atoms with Gasteiger partial charge in [0.05, 0.1) is 18.1 Å². The Kier molecular flexibility index (Phi) is 6.60. The summed E-state index contributed by atoms with van der Waals surface area (Å²) < 4.78 is 16.7. The molecule has 6 nitrogen and oxygen atoms in total. The molecule has 200 valence electrons. The molecular formula is C34H29NO5. The van der Waals surface area contributed by atoms with Gasteiger partial charge in [-0.05, 0) is 53.6 Å². The Morgan fingerprint density at radius 2 is 1.40 bits per heavy atom. The fourth-order valence-electron chi connectivity index (χ4n) is 5.24. The summed E-state index contributed by atoms with van der Waals surface area (Å²) in [5.74, 6) is 0.167. The van der Waals surface area contributed by atoms with Crippen LogP contribution >= 0.6 is 0 Å². The van der Waals surface area contributed by atoms with Crippen LogP contribution in [-0.2, 0) is 19.7 Å². The van der Waals surface area contributed by atoms with E-state index in [1.165, 1.54) is 7.11 Å². The largest absolute Gasteiger partial charge is 0.468 e. The third-order valence-electron chi connectivity index (χ3n) is 7.63. The number of esters is 1. The van der Waals surface area contributed by atoms with Gasteiger partial charge < -0.3 is 13.9 Å². The van der Waals surface area contributed by atoms with Crippen LogP contribution in [0.25, 0.3) is 33.2 Å². The Balaban J connectivity index is 1.25. The third-order valence-corrected chi connectivity index (χ3v) is 7.63. The summed E-state index contributed by atoms with van der Waals surface area (Å²) in [4.78, 5) is 25.1. The molecule has 40 heavy (non-hydrogen) atoms. The molecule has 1 saturated carbocycles. The number of furan rings is 1. The number of anilines is 1. The average Bonchev–Trinajstić information content (AvgIpc) is 3.73. The van der Waals surface area contributed by atoms with E-state index in [4.69, 9.17) is 13.9 Å². The molecule has 6 rings (SSSR count). The Hall–Kier alpha value is -4.84. The Morgan fingerprint density at radius 3 is 2.05 bits per heavy atom. The smallest absolute Gasteiger partial charge is 0.414 e. The molecule has 0 bridgehead atoms. The van der Waals surface area contributed by atoms with Gasteiger partial charge in [0.15, 0.2) is 0 Å². The van der Waals surface area contributed by atoms with Gasteiger partial charge in [-0.3, -0.25) is 10.1 Å². The molecule has 0 unspecified atom stereocenters. The van der Waals surface area contributed by atoms with Crippen LogP contribution in [0.4, 0.5) is 10.7 Å². The predicted molar refractivity (Wildman–Crippen MR) is 155 cm³/mol. The SMILES string of the molecule is COC(=O)C1(c2ccc(-c3ccc(-c4c(NC(=O)O[C@H](C)c5ccccc5)oc5ccccc45)cc3)cc2)CC1. The van der Waals surface area contributed by atoms with E-state index in [0.29, 0.717) is 11.5 Å². The van der Waals surface area contributed by atoms with E-state index in [9.17, 15) is 9.59 Å². The van der Waals surface area contributed by atoms with E-state index in [1.807, 2.05) is 110 Å². The fraction of sp³-hybridized carbons (Fsp3) is 0.176. The van der Waals surface area contributed by atoms with Crippen molar-refractivity contribution in [3.63, 3.8) is 0 Å². The standard InChI is InChI=1S/C34H29NO5/c1-22(23-8-4-3-5-9-23)39-33(37)35-31-30(28-10-6-7-11-29(28)40-31)26-14-12-24(13-15-26)25-16-18-27(19-17-25)34(20-21-34)32(36)38-2/h3-19,22H,20-21H2,1-2H3,(H,35,37)/t22-/m1/s1. The van der Waals surface area contributed by atoms with Gasteiger partial charge in [-0.1, -0.05) is 97.1 Å². The molecule has 1 N–H and O–H groups in total. The number of ether oxygens (including phenoxy) is 2. The van der Waals surface area contributed by atoms with E-state index >= 15 is 0 Å². The Labute approximate surface area is 232 Å². The number of carbonyl (C=O) groups is 2. The second kappa shape index (κ2) is 10.4. The molecule has 0 aliphatic heterocycles. The monoisotopic (exact) mass is 531 g/mol. The van der Waals surface area contributed by atoms with Crippen molar-refractivity contribution in [2.45, 2.75) is 31.3 Å². The van der Waals surface area contributed by atoms with Crippen molar-refractivity contribution >= 4 is 28.9 Å². The lowest BCUT2D eigenvalue weighted by Crippen LogP contribution is -2.21. The van der Waals surface area contributed by atoms with Crippen LogP contribution < -0.4 is 5.32 Å². The third kappa shape index (κ3) is 4.73. The van der Waals surface area contributed by atoms with Gasteiger partial charge in [-0.25, -0.2) is 4.79 Å². The van der Waals surface area contributed by atoms with Crippen molar-refractivity contribution in [3.05, 3.63) is 114 Å². The Morgan fingerprint density at radius 1 is 0.800 bits per heavy atom. The maximum absolute atomic E-state index is 12.8. The molecule has 1 aliphatic carbocycles. The number of para-hydroxylation sites is 1. The van der Waals surface area contributed by atoms with Crippen molar-refractivity contribution in [2.24, 2.45) is 0 Å². The van der Waals surface area contributed by atoms with Crippen LogP contribution in [0, 0.1) is 0 Å².